The molecule has 0 saturated heterocycles. The van der Waals surface area contributed by atoms with Gasteiger partial charge < -0.3 is 5.32 Å². The zero-order valence-electron chi connectivity index (χ0n) is 13.7. The van der Waals surface area contributed by atoms with Crippen LogP contribution in [0.25, 0.3) is 5.69 Å². The maximum absolute atomic E-state index is 12.4. The van der Waals surface area contributed by atoms with Gasteiger partial charge in [0, 0.05) is 10.7 Å². The van der Waals surface area contributed by atoms with Crippen molar-refractivity contribution >= 4 is 35.0 Å². The Balaban J connectivity index is 1.74. The first-order valence-electron chi connectivity index (χ1n) is 7.62. The first kappa shape index (κ1) is 17.4. The average molecular weight is 374 g/mol. The van der Waals surface area contributed by atoms with Gasteiger partial charge in [0.1, 0.15) is 0 Å². The Morgan fingerprint density at radius 2 is 2.04 bits per heavy atom. The molecule has 0 unspecified atom stereocenters. The number of thioether (sulfide) groups is 1. The molecule has 1 atom stereocenters. The molecule has 25 heavy (non-hydrogen) atoms. The molecule has 0 bridgehead atoms. The van der Waals surface area contributed by atoms with Gasteiger partial charge in [0.05, 0.1) is 10.9 Å². The Bertz CT molecular complexity index is 898. The number of carbonyl (C=O) groups excluding carboxylic acids is 1. The van der Waals surface area contributed by atoms with Crippen LogP contribution in [0, 0.1) is 6.92 Å². The fraction of sp³-hybridized carbons (Fsp3) is 0.176. The van der Waals surface area contributed by atoms with Crippen LogP contribution < -0.4 is 5.32 Å². The number of nitrogens with zero attached hydrogens (tertiary/aromatic N) is 4. The molecule has 3 aromatic rings. The number of aryl methyl sites for hydroxylation is 1. The van der Waals surface area contributed by atoms with Crippen LogP contribution in [0.3, 0.4) is 0 Å². The zero-order chi connectivity index (χ0) is 17.8. The van der Waals surface area contributed by atoms with E-state index in [1.165, 1.54) is 11.8 Å². The maximum Gasteiger partial charge on any atom is 0.237 e. The lowest BCUT2D eigenvalue weighted by Gasteiger charge is -2.12. The van der Waals surface area contributed by atoms with Crippen molar-refractivity contribution in [2.24, 2.45) is 0 Å². The summed E-state index contributed by atoms with van der Waals surface area (Å²) in [5, 5.41) is 15.4. The number of nitrogens with one attached hydrogen (secondary N) is 1. The van der Waals surface area contributed by atoms with E-state index in [0.717, 1.165) is 11.3 Å². The second-order valence-corrected chi connectivity index (χ2v) is 7.16. The minimum Gasteiger partial charge on any atom is -0.325 e. The molecule has 6 nitrogen and oxygen atoms in total. The van der Waals surface area contributed by atoms with E-state index in [1.54, 1.807) is 35.9 Å². The van der Waals surface area contributed by atoms with Gasteiger partial charge in [-0.3, -0.25) is 4.79 Å². The molecule has 0 fully saturated rings. The molecule has 3 rings (SSSR count). The van der Waals surface area contributed by atoms with Crippen molar-refractivity contribution < 1.29 is 4.79 Å². The summed E-state index contributed by atoms with van der Waals surface area (Å²) in [7, 11) is 0. The van der Waals surface area contributed by atoms with Crippen LogP contribution in [0.4, 0.5) is 5.69 Å². The van der Waals surface area contributed by atoms with Gasteiger partial charge in [-0.1, -0.05) is 47.6 Å². The van der Waals surface area contributed by atoms with Gasteiger partial charge in [-0.15, -0.1) is 5.10 Å². The van der Waals surface area contributed by atoms with Crippen molar-refractivity contribution in [3.05, 3.63) is 59.1 Å². The maximum atomic E-state index is 12.4. The predicted octanol–water partition coefficient (Wildman–Crippen LogP) is 3.74. The summed E-state index contributed by atoms with van der Waals surface area (Å²) >= 11 is 7.23. The van der Waals surface area contributed by atoms with E-state index in [1.807, 2.05) is 31.2 Å². The molecule has 1 heterocycles. The summed E-state index contributed by atoms with van der Waals surface area (Å²) in [6.07, 6.45) is 0. The first-order chi connectivity index (χ1) is 12.0. The van der Waals surface area contributed by atoms with E-state index in [9.17, 15) is 4.79 Å². The van der Waals surface area contributed by atoms with Crippen LogP contribution in [0.5, 0.6) is 0 Å². The van der Waals surface area contributed by atoms with E-state index in [4.69, 9.17) is 11.6 Å². The highest BCUT2D eigenvalue weighted by Crippen LogP contribution is 2.25. The highest BCUT2D eigenvalue weighted by molar-refractivity contribution is 8.00. The zero-order valence-corrected chi connectivity index (χ0v) is 15.3. The van der Waals surface area contributed by atoms with Crippen LogP contribution in [0.2, 0.25) is 5.02 Å². The lowest BCUT2D eigenvalue weighted by Crippen LogP contribution is -2.23. The second-order valence-electron chi connectivity index (χ2n) is 5.42. The molecule has 128 valence electrons. The van der Waals surface area contributed by atoms with Crippen LogP contribution >= 0.6 is 23.4 Å². The number of hydrogen-bond donors (Lipinski definition) is 1. The molecule has 2 aromatic carbocycles. The number of tetrazole rings is 1. The Kier molecular flexibility index (Phi) is 5.35. The summed E-state index contributed by atoms with van der Waals surface area (Å²) in [5.74, 6) is -0.147. The molecule has 0 saturated carbocycles. The average Bonchev–Trinajstić information content (AvgIpc) is 3.03. The third-order valence-corrected chi connectivity index (χ3v) is 4.80. The van der Waals surface area contributed by atoms with Gasteiger partial charge >= 0.3 is 0 Å². The molecular formula is C17H16ClN5OS. The smallest absolute Gasteiger partial charge is 0.237 e. The standard InChI is InChI=1S/C17H16ClN5OS/c1-11-6-3-4-9-15(11)23-17(20-21-22-23)25-12(2)16(24)19-14-8-5-7-13(18)10-14/h3-10,12H,1-2H3,(H,19,24)/t12-/m1/s1. The Morgan fingerprint density at radius 1 is 1.24 bits per heavy atom. The SMILES string of the molecule is Cc1ccccc1-n1nnnc1S[C@H](C)C(=O)Nc1cccc(Cl)c1. The van der Waals surface area contributed by atoms with Gasteiger partial charge in [-0.2, -0.15) is 4.68 Å². The van der Waals surface area contributed by atoms with Crippen molar-refractivity contribution in [2.75, 3.05) is 5.32 Å². The number of halogens is 1. The van der Waals surface area contributed by atoms with Gasteiger partial charge in [-0.25, -0.2) is 0 Å². The number of anilines is 1. The summed E-state index contributed by atoms with van der Waals surface area (Å²) < 4.78 is 1.64. The van der Waals surface area contributed by atoms with Crippen molar-refractivity contribution in [1.29, 1.82) is 0 Å². The third-order valence-electron chi connectivity index (χ3n) is 3.53. The fourth-order valence-electron chi connectivity index (χ4n) is 2.23. The molecule has 0 radical (unpaired) electrons. The van der Waals surface area contributed by atoms with Crippen molar-refractivity contribution in [2.45, 2.75) is 24.3 Å². The molecule has 0 aliphatic carbocycles. The van der Waals surface area contributed by atoms with Crippen LogP contribution in [0.15, 0.2) is 53.7 Å². The molecule has 1 amide bonds. The number of benzene rings is 2. The lowest BCUT2D eigenvalue weighted by atomic mass is 10.2. The third kappa shape index (κ3) is 4.18. The quantitative estimate of drug-likeness (QED) is 0.689. The van der Waals surface area contributed by atoms with Gasteiger partial charge in [0.25, 0.3) is 0 Å². The highest BCUT2D eigenvalue weighted by Gasteiger charge is 2.20. The fourth-order valence-corrected chi connectivity index (χ4v) is 3.22. The van der Waals surface area contributed by atoms with E-state index in [2.05, 4.69) is 20.8 Å². The molecule has 1 N–H and O–H groups in total. The van der Waals surface area contributed by atoms with Crippen LogP contribution in [-0.4, -0.2) is 31.4 Å². The minimum atomic E-state index is -0.382. The molecule has 1 aromatic heterocycles. The molecule has 0 spiro atoms. The van der Waals surface area contributed by atoms with Crippen molar-refractivity contribution in [3.63, 3.8) is 0 Å². The Labute approximate surface area is 154 Å². The molecule has 8 heteroatoms. The van der Waals surface area contributed by atoms with E-state index in [-0.39, 0.29) is 11.2 Å². The van der Waals surface area contributed by atoms with Gasteiger partial charge in [-0.05, 0) is 54.1 Å². The number of rotatable bonds is 5. The Morgan fingerprint density at radius 3 is 2.80 bits per heavy atom. The second kappa shape index (κ2) is 7.67. The largest absolute Gasteiger partial charge is 0.325 e. The normalized spacial score (nSPS) is 12.0. The lowest BCUT2D eigenvalue weighted by molar-refractivity contribution is -0.115. The van der Waals surface area contributed by atoms with Crippen LogP contribution in [-0.2, 0) is 4.79 Å². The van der Waals surface area contributed by atoms with E-state index < -0.39 is 0 Å². The number of aromatic nitrogens is 4. The minimum absolute atomic E-state index is 0.147. The number of para-hydroxylation sites is 1. The summed E-state index contributed by atoms with van der Waals surface area (Å²) in [5.41, 5.74) is 2.59. The van der Waals surface area contributed by atoms with E-state index >= 15 is 0 Å². The number of hydrogen-bond acceptors (Lipinski definition) is 5. The topological polar surface area (TPSA) is 72.7 Å². The van der Waals surface area contributed by atoms with Crippen molar-refractivity contribution in [3.8, 4) is 5.69 Å². The molecular weight excluding hydrogens is 358 g/mol. The predicted molar refractivity (Wildman–Crippen MR) is 99.3 cm³/mol. The van der Waals surface area contributed by atoms with Crippen molar-refractivity contribution in [1.82, 2.24) is 20.2 Å². The summed E-state index contributed by atoms with van der Waals surface area (Å²) in [6.45, 7) is 3.79. The monoisotopic (exact) mass is 373 g/mol. The Hall–Kier alpha value is -2.38. The molecule has 0 aliphatic rings. The van der Waals surface area contributed by atoms with Gasteiger partial charge in [0.15, 0.2) is 0 Å². The van der Waals surface area contributed by atoms with E-state index in [0.29, 0.717) is 15.9 Å². The van der Waals surface area contributed by atoms with Gasteiger partial charge in [0.2, 0.25) is 11.1 Å². The highest BCUT2D eigenvalue weighted by atomic mass is 35.5. The van der Waals surface area contributed by atoms with Crippen LogP contribution in [0.1, 0.15) is 12.5 Å². The first-order valence-corrected chi connectivity index (χ1v) is 8.88. The number of amides is 1. The molecule has 0 aliphatic heterocycles. The number of carbonyl (C=O) groups is 1. The summed E-state index contributed by atoms with van der Waals surface area (Å²) in [4.78, 5) is 12.4. The summed E-state index contributed by atoms with van der Waals surface area (Å²) in [6, 6.07) is 14.8.